The topological polar surface area (TPSA) is 98.8 Å². The smallest absolute Gasteiger partial charge is 0.259 e. The van der Waals surface area contributed by atoms with Gasteiger partial charge in [-0.25, -0.2) is 8.78 Å². The molecule has 2 fully saturated rings. The molecule has 0 spiro atoms. The summed E-state index contributed by atoms with van der Waals surface area (Å²) in [4.78, 5) is 57.2. The molecule has 1 aliphatic heterocycles. The number of fused-ring (bicyclic) bond motifs is 1. The van der Waals surface area contributed by atoms with Crippen LogP contribution in [0.4, 0.5) is 20.2 Å². The fourth-order valence-corrected chi connectivity index (χ4v) is 5.14. The van der Waals surface area contributed by atoms with Gasteiger partial charge >= 0.3 is 0 Å². The van der Waals surface area contributed by atoms with E-state index in [1.54, 1.807) is 9.80 Å². The van der Waals surface area contributed by atoms with Gasteiger partial charge in [0.2, 0.25) is 11.8 Å². The highest BCUT2D eigenvalue weighted by molar-refractivity contribution is 6.21. The highest BCUT2D eigenvalue weighted by Gasteiger charge is 2.44. The molecule has 2 aliphatic carbocycles. The van der Waals surface area contributed by atoms with Crippen molar-refractivity contribution in [2.45, 2.75) is 64.0 Å². The molecule has 4 amide bonds. The van der Waals surface area contributed by atoms with E-state index in [1.807, 2.05) is 31.2 Å². The normalized spacial score (nSPS) is 18.3. The van der Waals surface area contributed by atoms with Crippen LogP contribution in [0.15, 0.2) is 42.5 Å². The zero-order chi connectivity index (χ0) is 28.4. The molecule has 2 N–H and O–H groups in total. The molecular weight excluding hydrogens is 518 g/mol. The van der Waals surface area contributed by atoms with Crippen molar-refractivity contribution < 1.29 is 28.0 Å². The first-order valence-corrected chi connectivity index (χ1v) is 14.0. The molecule has 2 saturated carbocycles. The van der Waals surface area contributed by atoms with Gasteiger partial charge in [-0.1, -0.05) is 25.5 Å². The summed E-state index contributed by atoms with van der Waals surface area (Å²) in [6.45, 7) is 2.76. The number of para-hydroxylation sites is 2. The number of benzene rings is 2. The van der Waals surface area contributed by atoms with Gasteiger partial charge in [-0.3, -0.25) is 19.2 Å². The first-order chi connectivity index (χ1) is 19.2. The first-order valence-electron chi connectivity index (χ1n) is 14.0. The minimum absolute atomic E-state index is 0.129. The summed E-state index contributed by atoms with van der Waals surface area (Å²) >= 11 is 0. The third kappa shape index (κ3) is 6.48. The van der Waals surface area contributed by atoms with Gasteiger partial charge in [0.25, 0.3) is 11.8 Å². The Bertz CT molecular complexity index is 1240. The standard InChI is InChI=1S/C30H34F2N4O4/c1-2-5-23(33-26(37)14-20-12-21(31)15-22(32)13-20)28(38)34-27-29(39)35(16-18-8-9-18)24-6-3-4-7-25(24)36(30(27)40)17-19-10-11-19/h3-4,6-7,12-13,15,18-19,23,27H,2,5,8-11,14,16-17H2,1H3,(H,33,37)(H,34,38)/t23-/m0/s1. The van der Waals surface area contributed by atoms with E-state index >= 15 is 0 Å². The van der Waals surface area contributed by atoms with Crippen LogP contribution in [0.2, 0.25) is 0 Å². The van der Waals surface area contributed by atoms with Crippen LogP contribution in [-0.2, 0) is 25.6 Å². The van der Waals surface area contributed by atoms with E-state index in [2.05, 4.69) is 10.6 Å². The molecule has 0 bridgehead atoms. The lowest BCUT2D eigenvalue weighted by atomic mass is 10.1. The number of hydrogen-bond donors (Lipinski definition) is 2. The number of carbonyl (C=O) groups is 4. The monoisotopic (exact) mass is 552 g/mol. The zero-order valence-electron chi connectivity index (χ0n) is 22.5. The number of nitrogens with zero attached hydrogens (tertiary/aromatic N) is 2. The van der Waals surface area contributed by atoms with E-state index in [-0.39, 0.29) is 18.4 Å². The van der Waals surface area contributed by atoms with Gasteiger partial charge in [-0.15, -0.1) is 0 Å². The average molecular weight is 553 g/mol. The predicted molar refractivity (Wildman–Crippen MR) is 145 cm³/mol. The van der Waals surface area contributed by atoms with Crippen molar-refractivity contribution in [1.29, 1.82) is 0 Å². The molecule has 0 unspecified atom stereocenters. The van der Waals surface area contributed by atoms with E-state index in [0.717, 1.165) is 37.8 Å². The highest BCUT2D eigenvalue weighted by Crippen LogP contribution is 2.40. The predicted octanol–water partition coefficient (Wildman–Crippen LogP) is 3.48. The van der Waals surface area contributed by atoms with Crippen LogP contribution < -0.4 is 20.4 Å². The number of amides is 4. The van der Waals surface area contributed by atoms with Crippen LogP contribution in [0.5, 0.6) is 0 Å². The summed E-state index contributed by atoms with van der Waals surface area (Å²) in [6.07, 6.45) is 4.47. The van der Waals surface area contributed by atoms with Gasteiger partial charge in [-0.2, -0.15) is 0 Å². The molecule has 5 rings (SSSR count). The Morgan fingerprint density at radius 1 is 0.900 bits per heavy atom. The van der Waals surface area contributed by atoms with E-state index in [0.29, 0.717) is 48.8 Å². The second-order valence-corrected chi connectivity index (χ2v) is 11.1. The fraction of sp³-hybridized carbons (Fsp3) is 0.467. The quantitative estimate of drug-likeness (QED) is 0.417. The molecule has 10 heteroatoms. The Hall–Kier alpha value is -3.82. The maximum absolute atomic E-state index is 13.9. The van der Waals surface area contributed by atoms with Crippen LogP contribution in [0.25, 0.3) is 0 Å². The third-order valence-electron chi connectivity index (χ3n) is 7.57. The molecule has 1 heterocycles. The fourth-order valence-electron chi connectivity index (χ4n) is 5.14. The van der Waals surface area contributed by atoms with Crippen molar-refractivity contribution >= 4 is 35.0 Å². The van der Waals surface area contributed by atoms with Crippen LogP contribution >= 0.6 is 0 Å². The Kier molecular flexibility index (Phi) is 8.14. The largest absolute Gasteiger partial charge is 0.344 e. The van der Waals surface area contributed by atoms with Crippen molar-refractivity contribution in [3.05, 3.63) is 59.7 Å². The van der Waals surface area contributed by atoms with Gasteiger partial charge in [-0.05, 0) is 73.8 Å². The molecular formula is C30H34F2N4O4. The summed E-state index contributed by atoms with van der Waals surface area (Å²) in [5.41, 5.74) is 1.45. The van der Waals surface area contributed by atoms with E-state index < -0.39 is 47.3 Å². The zero-order valence-corrected chi connectivity index (χ0v) is 22.5. The number of anilines is 2. The lowest BCUT2D eigenvalue weighted by molar-refractivity contribution is -0.135. The van der Waals surface area contributed by atoms with Crippen molar-refractivity contribution in [3.63, 3.8) is 0 Å². The SMILES string of the molecule is CCC[C@H](NC(=O)Cc1cc(F)cc(F)c1)C(=O)NC1C(=O)N(CC2CC2)c2ccccc2N(CC2CC2)C1=O. The first kappa shape index (κ1) is 27.7. The Morgan fingerprint density at radius 2 is 1.43 bits per heavy atom. The lowest BCUT2D eigenvalue weighted by Gasteiger charge is -2.26. The second kappa shape index (κ2) is 11.7. The molecule has 212 valence electrons. The number of nitrogens with one attached hydrogen (secondary N) is 2. The molecule has 8 nitrogen and oxygen atoms in total. The van der Waals surface area contributed by atoms with Gasteiger partial charge in [0, 0.05) is 19.2 Å². The molecule has 0 saturated heterocycles. The van der Waals surface area contributed by atoms with Gasteiger partial charge in [0.05, 0.1) is 17.8 Å². The third-order valence-corrected chi connectivity index (χ3v) is 7.57. The minimum Gasteiger partial charge on any atom is -0.344 e. The molecule has 40 heavy (non-hydrogen) atoms. The summed E-state index contributed by atoms with van der Waals surface area (Å²) in [6, 6.07) is 7.70. The summed E-state index contributed by atoms with van der Waals surface area (Å²) in [5.74, 6) is -3.16. The van der Waals surface area contributed by atoms with Crippen LogP contribution in [0.1, 0.15) is 51.0 Å². The number of rotatable bonds is 11. The van der Waals surface area contributed by atoms with Crippen molar-refractivity contribution in [1.82, 2.24) is 10.6 Å². The highest BCUT2D eigenvalue weighted by atomic mass is 19.1. The van der Waals surface area contributed by atoms with Crippen LogP contribution in [-0.4, -0.2) is 48.8 Å². The molecule has 2 aromatic carbocycles. The van der Waals surface area contributed by atoms with E-state index in [1.165, 1.54) is 0 Å². The maximum atomic E-state index is 13.9. The number of carbonyl (C=O) groups excluding carboxylic acids is 4. The van der Waals surface area contributed by atoms with Crippen molar-refractivity contribution in [3.8, 4) is 0 Å². The molecule has 2 aromatic rings. The summed E-state index contributed by atoms with van der Waals surface area (Å²) in [7, 11) is 0. The van der Waals surface area contributed by atoms with Gasteiger partial charge < -0.3 is 20.4 Å². The maximum Gasteiger partial charge on any atom is 0.259 e. The Labute approximate surface area is 232 Å². The molecule has 1 atom stereocenters. The second-order valence-electron chi connectivity index (χ2n) is 11.1. The van der Waals surface area contributed by atoms with Gasteiger partial charge in [0.1, 0.15) is 17.7 Å². The van der Waals surface area contributed by atoms with Gasteiger partial charge in [0.15, 0.2) is 6.04 Å². The number of halogens is 2. The Morgan fingerprint density at radius 3 is 1.90 bits per heavy atom. The lowest BCUT2D eigenvalue weighted by Crippen LogP contribution is -2.59. The summed E-state index contributed by atoms with van der Waals surface area (Å²) < 4.78 is 27.2. The summed E-state index contributed by atoms with van der Waals surface area (Å²) in [5, 5.41) is 5.28. The van der Waals surface area contributed by atoms with E-state index in [4.69, 9.17) is 0 Å². The van der Waals surface area contributed by atoms with Crippen molar-refractivity contribution in [2.24, 2.45) is 11.8 Å². The van der Waals surface area contributed by atoms with E-state index in [9.17, 15) is 28.0 Å². The van der Waals surface area contributed by atoms with Crippen LogP contribution in [0.3, 0.4) is 0 Å². The number of hydrogen-bond acceptors (Lipinski definition) is 4. The molecule has 0 radical (unpaired) electrons. The average Bonchev–Trinajstić information content (AvgIpc) is 3.83. The van der Waals surface area contributed by atoms with Crippen LogP contribution in [0, 0.1) is 23.5 Å². The molecule has 3 aliphatic rings. The minimum atomic E-state index is -1.44. The Balaban J connectivity index is 1.36. The van der Waals surface area contributed by atoms with Crippen molar-refractivity contribution in [2.75, 3.05) is 22.9 Å². The molecule has 0 aromatic heterocycles.